The predicted octanol–water partition coefficient (Wildman–Crippen LogP) is 3.14. The number of hydrogen-bond donors (Lipinski definition) is 1. The SMILES string of the molecule is COCn1nccc1CNc1ccc(OC(F)(F)F)c(F)c1. The molecular formula is C13H13F4N3O2. The van der Waals surface area contributed by atoms with E-state index in [1.165, 1.54) is 13.2 Å². The molecule has 0 spiro atoms. The minimum absolute atomic E-state index is 0.261. The van der Waals surface area contributed by atoms with E-state index in [0.29, 0.717) is 12.2 Å². The van der Waals surface area contributed by atoms with Crippen LogP contribution in [0.5, 0.6) is 5.75 Å². The second-order valence-corrected chi connectivity index (χ2v) is 4.29. The number of benzene rings is 1. The van der Waals surface area contributed by atoms with Crippen molar-refractivity contribution >= 4 is 5.69 Å². The van der Waals surface area contributed by atoms with Crippen LogP contribution in [-0.2, 0) is 18.0 Å². The van der Waals surface area contributed by atoms with Crippen molar-refractivity contribution in [2.75, 3.05) is 12.4 Å². The standard InChI is InChI=1S/C13H13F4N3O2/c1-21-8-20-10(4-5-19-20)7-18-9-2-3-12(11(14)6-9)22-13(15,16)17/h2-6,18H,7-8H2,1H3. The molecule has 9 heteroatoms. The number of anilines is 1. The Morgan fingerprint density at radius 3 is 2.68 bits per heavy atom. The first-order valence-electron chi connectivity index (χ1n) is 6.18. The molecule has 22 heavy (non-hydrogen) atoms. The van der Waals surface area contributed by atoms with Crippen molar-refractivity contribution in [2.24, 2.45) is 0 Å². The third kappa shape index (κ3) is 4.35. The maximum atomic E-state index is 13.5. The van der Waals surface area contributed by atoms with Gasteiger partial charge in [-0.1, -0.05) is 0 Å². The molecule has 0 aliphatic rings. The fourth-order valence-corrected chi connectivity index (χ4v) is 1.76. The Morgan fingerprint density at radius 1 is 1.27 bits per heavy atom. The van der Waals surface area contributed by atoms with Crippen LogP contribution in [0.15, 0.2) is 30.5 Å². The van der Waals surface area contributed by atoms with Crippen LogP contribution in [0.4, 0.5) is 23.2 Å². The van der Waals surface area contributed by atoms with Crippen LogP contribution >= 0.6 is 0 Å². The van der Waals surface area contributed by atoms with Gasteiger partial charge < -0.3 is 14.8 Å². The van der Waals surface area contributed by atoms with Gasteiger partial charge in [-0.3, -0.25) is 0 Å². The number of aromatic nitrogens is 2. The van der Waals surface area contributed by atoms with Gasteiger partial charge in [0.15, 0.2) is 11.6 Å². The van der Waals surface area contributed by atoms with Crippen molar-refractivity contribution in [2.45, 2.75) is 19.6 Å². The van der Waals surface area contributed by atoms with Gasteiger partial charge in [0, 0.05) is 25.1 Å². The summed E-state index contributed by atoms with van der Waals surface area (Å²) in [5, 5.41) is 6.91. The molecule has 0 saturated heterocycles. The van der Waals surface area contributed by atoms with Gasteiger partial charge in [-0.05, 0) is 18.2 Å². The molecule has 0 aliphatic carbocycles. The minimum atomic E-state index is -4.93. The van der Waals surface area contributed by atoms with Gasteiger partial charge in [0.25, 0.3) is 0 Å². The van der Waals surface area contributed by atoms with Crippen LogP contribution in [0.25, 0.3) is 0 Å². The van der Waals surface area contributed by atoms with Crippen molar-refractivity contribution in [3.8, 4) is 5.75 Å². The van der Waals surface area contributed by atoms with Gasteiger partial charge in [0.05, 0.1) is 12.2 Å². The highest BCUT2D eigenvalue weighted by atomic mass is 19.4. The number of nitrogens with one attached hydrogen (secondary N) is 1. The second-order valence-electron chi connectivity index (χ2n) is 4.29. The van der Waals surface area contributed by atoms with Crippen LogP contribution in [0.2, 0.25) is 0 Å². The molecular weight excluding hydrogens is 306 g/mol. The summed E-state index contributed by atoms with van der Waals surface area (Å²) in [4.78, 5) is 0. The average molecular weight is 319 g/mol. The second kappa shape index (κ2) is 6.65. The largest absolute Gasteiger partial charge is 0.573 e. The van der Waals surface area contributed by atoms with E-state index >= 15 is 0 Å². The number of alkyl halides is 3. The van der Waals surface area contributed by atoms with E-state index in [0.717, 1.165) is 17.8 Å². The van der Waals surface area contributed by atoms with Gasteiger partial charge in [-0.25, -0.2) is 9.07 Å². The fourth-order valence-electron chi connectivity index (χ4n) is 1.76. The van der Waals surface area contributed by atoms with Crippen molar-refractivity contribution in [1.82, 2.24) is 9.78 Å². The molecule has 0 radical (unpaired) electrons. The Hall–Kier alpha value is -2.29. The number of ether oxygens (including phenoxy) is 2. The van der Waals surface area contributed by atoms with E-state index in [-0.39, 0.29) is 6.73 Å². The molecule has 2 aromatic rings. The van der Waals surface area contributed by atoms with Crippen molar-refractivity contribution in [3.63, 3.8) is 0 Å². The van der Waals surface area contributed by atoms with Crippen molar-refractivity contribution in [3.05, 3.63) is 42.0 Å². The van der Waals surface area contributed by atoms with Gasteiger partial charge in [-0.15, -0.1) is 13.2 Å². The van der Waals surface area contributed by atoms with E-state index < -0.39 is 17.9 Å². The van der Waals surface area contributed by atoms with Crippen LogP contribution in [0.3, 0.4) is 0 Å². The molecule has 1 aromatic carbocycles. The molecule has 0 aliphatic heterocycles. The molecule has 0 fully saturated rings. The molecule has 0 bridgehead atoms. The third-order valence-corrected chi connectivity index (χ3v) is 2.69. The van der Waals surface area contributed by atoms with Crippen LogP contribution in [0.1, 0.15) is 5.69 Å². The Labute approximate surface area is 123 Å². The highest BCUT2D eigenvalue weighted by Gasteiger charge is 2.32. The lowest BCUT2D eigenvalue weighted by Crippen LogP contribution is -2.18. The lowest BCUT2D eigenvalue weighted by molar-refractivity contribution is -0.275. The Morgan fingerprint density at radius 2 is 2.05 bits per heavy atom. The zero-order valence-corrected chi connectivity index (χ0v) is 11.5. The summed E-state index contributed by atoms with van der Waals surface area (Å²) in [6, 6.07) is 4.88. The van der Waals surface area contributed by atoms with Crippen LogP contribution in [-0.4, -0.2) is 23.3 Å². The first-order valence-corrected chi connectivity index (χ1v) is 6.18. The molecule has 0 amide bonds. The molecule has 5 nitrogen and oxygen atoms in total. The summed E-state index contributed by atoms with van der Waals surface area (Å²) >= 11 is 0. The number of nitrogens with zero attached hydrogens (tertiary/aromatic N) is 2. The summed E-state index contributed by atoms with van der Waals surface area (Å²) in [5.41, 5.74) is 1.09. The monoisotopic (exact) mass is 319 g/mol. The summed E-state index contributed by atoms with van der Waals surface area (Å²) in [5.74, 6) is -1.98. The molecule has 0 saturated carbocycles. The zero-order valence-electron chi connectivity index (χ0n) is 11.5. The fraction of sp³-hybridized carbons (Fsp3) is 0.308. The maximum absolute atomic E-state index is 13.5. The smallest absolute Gasteiger partial charge is 0.403 e. The number of methoxy groups -OCH3 is 1. The van der Waals surface area contributed by atoms with E-state index in [2.05, 4.69) is 15.2 Å². The summed E-state index contributed by atoms with van der Waals surface area (Å²) < 4.78 is 59.8. The quantitative estimate of drug-likeness (QED) is 0.831. The molecule has 1 aromatic heterocycles. The Kier molecular flexibility index (Phi) is 4.86. The van der Waals surface area contributed by atoms with Crippen molar-refractivity contribution in [1.29, 1.82) is 0 Å². The lowest BCUT2D eigenvalue weighted by atomic mass is 10.3. The van der Waals surface area contributed by atoms with Crippen LogP contribution in [0, 0.1) is 5.82 Å². The highest BCUT2D eigenvalue weighted by Crippen LogP contribution is 2.27. The van der Waals surface area contributed by atoms with Crippen molar-refractivity contribution < 1.29 is 27.0 Å². The average Bonchev–Trinajstić information content (AvgIpc) is 2.86. The molecule has 1 heterocycles. The molecule has 120 valence electrons. The van der Waals surface area contributed by atoms with E-state index in [4.69, 9.17) is 4.74 Å². The number of hydrogen-bond acceptors (Lipinski definition) is 4. The molecule has 0 unspecified atom stereocenters. The van der Waals surface area contributed by atoms with Gasteiger partial charge in [0.2, 0.25) is 0 Å². The topological polar surface area (TPSA) is 48.3 Å². The molecule has 0 atom stereocenters. The third-order valence-electron chi connectivity index (χ3n) is 2.69. The Bertz CT molecular complexity index is 628. The summed E-state index contributed by atoms with van der Waals surface area (Å²) in [6.45, 7) is 0.568. The first kappa shape index (κ1) is 16.1. The first-order chi connectivity index (χ1) is 10.4. The van der Waals surface area contributed by atoms with Gasteiger partial charge >= 0.3 is 6.36 Å². The van der Waals surface area contributed by atoms with Gasteiger partial charge in [-0.2, -0.15) is 5.10 Å². The molecule has 2 rings (SSSR count). The maximum Gasteiger partial charge on any atom is 0.573 e. The van der Waals surface area contributed by atoms with E-state index in [1.54, 1.807) is 16.9 Å². The number of rotatable bonds is 6. The lowest BCUT2D eigenvalue weighted by Gasteiger charge is -2.12. The van der Waals surface area contributed by atoms with Gasteiger partial charge in [0.1, 0.15) is 6.73 Å². The minimum Gasteiger partial charge on any atom is -0.403 e. The zero-order chi connectivity index (χ0) is 16.2. The Balaban J connectivity index is 2.02. The normalized spacial score (nSPS) is 11.5. The van der Waals surface area contributed by atoms with E-state index in [9.17, 15) is 17.6 Å². The van der Waals surface area contributed by atoms with Crippen LogP contribution < -0.4 is 10.1 Å². The number of halogens is 4. The summed E-state index contributed by atoms with van der Waals surface area (Å²) in [7, 11) is 1.52. The highest BCUT2D eigenvalue weighted by molar-refractivity contribution is 5.47. The van der Waals surface area contributed by atoms with E-state index in [1.807, 2.05) is 0 Å². The predicted molar refractivity (Wildman–Crippen MR) is 69.6 cm³/mol. The summed E-state index contributed by atoms with van der Waals surface area (Å²) in [6.07, 6.45) is -3.35. The molecule has 1 N–H and O–H groups in total.